The fourth-order valence-corrected chi connectivity index (χ4v) is 1.52. The smallest absolute Gasteiger partial charge is 0.314 e. The van der Waals surface area contributed by atoms with E-state index in [0.29, 0.717) is 6.54 Å². The number of carbonyl (C=O) groups excluding carboxylic acids is 1. The number of hydrogen-bond acceptors (Lipinski definition) is 1. The Bertz CT molecular complexity index is 385. The van der Waals surface area contributed by atoms with Crippen LogP contribution in [0.5, 0.6) is 0 Å². The summed E-state index contributed by atoms with van der Waals surface area (Å²) >= 11 is 0. The van der Waals surface area contributed by atoms with Gasteiger partial charge in [0.25, 0.3) is 0 Å². The van der Waals surface area contributed by atoms with Crippen LogP contribution in [-0.2, 0) is 6.54 Å². The first-order valence-electron chi connectivity index (χ1n) is 4.99. The van der Waals surface area contributed by atoms with Crippen molar-refractivity contribution >= 4 is 6.03 Å². The normalized spacial score (nSPS) is 10.1. The third-order valence-corrected chi connectivity index (χ3v) is 2.95. The quantitative estimate of drug-likeness (QED) is 0.791. The minimum absolute atomic E-state index is 0.396. The molecule has 2 N–H and O–H groups in total. The zero-order valence-electron chi connectivity index (χ0n) is 9.79. The highest BCUT2D eigenvalue weighted by atomic mass is 16.2. The molecule has 1 aromatic rings. The van der Waals surface area contributed by atoms with Crippen LogP contribution in [0, 0.1) is 20.8 Å². The largest absolute Gasteiger partial charge is 0.351 e. The molecule has 0 spiro atoms. The first kappa shape index (κ1) is 11.6. The molecule has 0 aliphatic rings. The zero-order chi connectivity index (χ0) is 11.6. The van der Waals surface area contributed by atoms with E-state index in [0.717, 1.165) is 5.56 Å². The van der Waals surface area contributed by atoms with E-state index in [4.69, 9.17) is 5.73 Å². The summed E-state index contributed by atoms with van der Waals surface area (Å²) in [7, 11) is 1.71. The van der Waals surface area contributed by atoms with Crippen molar-refractivity contribution in [2.24, 2.45) is 5.73 Å². The number of hydrogen-bond donors (Lipinski definition) is 1. The van der Waals surface area contributed by atoms with Crippen molar-refractivity contribution in [3.05, 3.63) is 34.4 Å². The molecule has 2 amide bonds. The minimum Gasteiger partial charge on any atom is -0.351 e. The highest BCUT2D eigenvalue weighted by molar-refractivity contribution is 5.71. The lowest BCUT2D eigenvalue weighted by atomic mass is 9.99. The molecule has 3 heteroatoms. The average Bonchev–Trinajstić information content (AvgIpc) is 2.18. The van der Waals surface area contributed by atoms with Crippen molar-refractivity contribution < 1.29 is 4.79 Å². The van der Waals surface area contributed by atoms with Gasteiger partial charge in [-0.1, -0.05) is 12.1 Å². The van der Waals surface area contributed by atoms with Crippen molar-refractivity contribution in [1.82, 2.24) is 4.90 Å². The number of nitrogens with zero attached hydrogens (tertiary/aromatic N) is 1. The van der Waals surface area contributed by atoms with Crippen molar-refractivity contribution in [2.75, 3.05) is 7.05 Å². The molecule has 0 heterocycles. The molecule has 0 atom stereocenters. The van der Waals surface area contributed by atoms with Crippen molar-refractivity contribution in [3.8, 4) is 0 Å². The number of nitrogens with two attached hydrogens (primary N) is 1. The topological polar surface area (TPSA) is 46.3 Å². The van der Waals surface area contributed by atoms with E-state index in [1.165, 1.54) is 21.6 Å². The summed E-state index contributed by atoms with van der Waals surface area (Å²) in [6.07, 6.45) is 0. The fraction of sp³-hybridized carbons (Fsp3) is 0.417. The summed E-state index contributed by atoms with van der Waals surface area (Å²) in [5.41, 5.74) is 10.1. The Morgan fingerprint density at radius 3 is 2.40 bits per heavy atom. The predicted molar refractivity (Wildman–Crippen MR) is 61.7 cm³/mol. The Balaban J connectivity index is 2.97. The van der Waals surface area contributed by atoms with E-state index in [1.54, 1.807) is 7.05 Å². The molecule has 0 fully saturated rings. The molecule has 0 radical (unpaired) electrons. The Morgan fingerprint density at radius 1 is 1.27 bits per heavy atom. The van der Waals surface area contributed by atoms with E-state index < -0.39 is 6.03 Å². The first-order chi connectivity index (χ1) is 6.93. The summed E-state index contributed by atoms with van der Waals surface area (Å²) in [6.45, 7) is 6.83. The van der Waals surface area contributed by atoms with Crippen LogP contribution in [0.25, 0.3) is 0 Å². The van der Waals surface area contributed by atoms with Crippen LogP contribution in [0.15, 0.2) is 12.1 Å². The monoisotopic (exact) mass is 206 g/mol. The van der Waals surface area contributed by atoms with Gasteiger partial charge in [-0.05, 0) is 43.0 Å². The molecule has 1 aromatic carbocycles. The van der Waals surface area contributed by atoms with Gasteiger partial charge in [-0.2, -0.15) is 0 Å². The third kappa shape index (κ3) is 2.49. The van der Waals surface area contributed by atoms with Crippen LogP contribution >= 0.6 is 0 Å². The van der Waals surface area contributed by atoms with Crippen molar-refractivity contribution in [1.29, 1.82) is 0 Å². The van der Waals surface area contributed by atoms with Crippen molar-refractivity contribution in [3.63, 3.8) is 0 Å². The van der Waals surface area contributed by atoms with Gasteiger partial charge in [-0.15, -0.1) is 0 Å². The standard InChI is InChI=1S/C12H18N2O/c1-8-5-6-11(10(3)9(8)2)7-14(4)12(13)15/h5-6H,7H2,1-4H3,(H2,13,15). The number of primary amides is 1. The highest BCUT2D eigenvalue weighted by Gasteiger charge is 2.08. The first-order valence-corrected chi connectivity index (χ1v) is 4.99. The van der Waals surface area contributed by atoms with Gasteiger partial charge in [0, 0.05) is 13.6 Å². The summed E-state index contributed by atoms with van der Waals surface area (Å²) < 4.78 is 0. The maximum Gasteiger partial charge on any atom is 0.314 e. The molecule has 0 aliphatic heterocycles. The second-order valence-electron chi connectivity index (χ2n) is 3.99. The van der Waals surface area contributed by atoms with Gasteiger partial charge >= 0.3 is 6.03 Å². The molecule has 0 unspecified atom stereocenters. The molecule has 0 aromatic heterocycles. The Labute approximate surface area is 90.9 Å². The Morgan fingerprint density at radius 2 is 1.87 bits per heavy atom. The van der Waals surface area contributed by atoms with Gasteiger partial charge in [0.05, 0.1) is 0 Å². The van der Waals surface area contributed by atoms with E-state index in [9.17, 15) is 4.79 Å². The molecule has 15 heavy (non-hydrogen) atoms. The fourth-order valence-electron chi connectivity index (χ4n) is 1.52. The summed E-state index contributed by atoms with van der Waals surface area (Å²) in [5.74, 6) is 0. The number of rotatable bonds is 2. The predicted octanol–water partition coefficient (Wildman–Crippen LogP) is 2.12. The number of benzene rings is 1. The van der Waals surface area contributed by atoms with E-state index in [2.05, 4.69) is 32.9 Å². The van der Waals surface area contributed by atoms with Gasteiger partial charge < -0.3 is 10.6 Å². The summed E-state index contributed by atoms with van der Waals surface area (Å²) in [6, 6.07) is 3.73. The lowest BCUT2D eigenvalue weighted by molar-refractivity contribution is 0.216. The van der Waals surface area contributed by atoms with Crippen LogP contribution in [0.2, 0.25) is 0 Å². The molecule has 1 rings (SSSR count). The number of urea groups is 1. The van der Waals surface area contributed by atoms with E-state index >= 15 is 0 Å². The molecule has 0 aliphatic carbocycles. The lowest BCUT2D eigenvalue weighted by Gasteiger charge is -2.17. The Hall–Kier alpha value is -1.51. The van der Waals surface area contributed by atoms with Gasteiger partial charge in [-0.25, -0.2) is 4.79 Å². The van der Waals surface area contributed by atoms with Crippen LogP contribution in [0.3, 0.4) is 0 Å². The molecular weight excluding hydrogens is 188 g/mol. The second kappa shape index (κ2) is 4.34. The summed E-state index contributed by atoms with van der Waals surface area (Å²) in [4.78, 5) is 12.4. The average molecular weight is 206 g/mol. The van der Waals surface area contributed by atoms with Crippen LogP contribution < -0.4 is 5.73 Å². The summed E-state index contributed by atoms with van der Waals surface area (Å²) in [5, 5.41) is 0. The van der Waals surface area contributed by atoms with Crippen LogP contribution in [-0.4, -0.2) is 18.0 Å². The molecule has 0 saturated carbocycles. The van der Waals surface area contributed by atoms with Crippen LogP contribution in [0.4, 0.5) is 4.79 Å². The van der Waals surface area contributed by atoms with E-state index in [-0.39, 0.29) is 0 Å². The Kier molecular flexibility index (Phi) is 3.35. The molecule has 3 nitrogen and oxygen atoms in total. The maximum absolute atomic E-state index is 10.9. The van der Waals surface area contributed by atoms with Gasteiger partial charge in [0.15, 0.2) is 0 Å². The van der Waals surface area contributed by atoms with Gasteiger partial charge in [-0.3, -0.25) is 0 Å². The minimum atomic E-state index is -0.396. The molecule has 82 valence electrons. The SMILES string of the molecule is Cc1ccc(CN(C)C(N)=O)c(C)c1C. The van der Waals surface area contributed by atoms with Crippen molar-refractivity contribution in [2.45, 2.75) is 27.3 Å². The highest BCUT2D eigenvalue weighted by Crippen LogP contribution is 2.18. The number of amides is 2. The molecule has 0 bridgehead atoms. The van der Waals surface area contributed by atoms with E-state index in [1.807, 2.05) is 0 Å². The van der Waals surface area contributed by atoms with Gasteiger partial charge in [0.2, 0.25) is 0 Å². The zero-order valence-corrected chi connectivity index (χ0v) is 9.79. The molecule has 0 saturated heterocycles. The maximum atomic E-state index is 10.9. The lowest BCUT2D eigenvalue weighted by Crippen LogP contribution is -2.31. The molecular formula is C12H18N2O. The van der Waals surface area contributed by atoms with Crippen LogP contribution in [0.1, 0.15) is 22.3 Å². The third-order valence-electron chi connectivity index (χ3n) is 2.95. The number of aryl methyl sites for hydroxylation is 1. The number of carbonyl (C=O) groups is 1. The van der Waals surface area contributed by atoms with Gasteiger partial charge in [0.1, 0.15) is 0 Å². The second-order valence-corrected chi connectivity index (χ2v) is 3.99.